The number of ether oxygens (including phenoxy) is 1. The number of morpholine rings is 1. The van der Waals surface area contributed by atoms with E-state index in [0.29, 0.717) is 0 Å². The van der Waals surface area contributed by atoms with Crippen LogP contribution in [0.1, 0.15) is 48.9 Å². The lowest BCUT2D eigenvalue weighted by atomic mass is 10.1. The van der Waals surface area contributed by atoms with E-state index in [-0.39, 0.29) is 50.2 Å². The van der Waals surface area contributed by atoms with Gasteiger partial charge in [0.15, 0.2) is 0 Å². The average Bonchev–Trinajstić information content (AvgIpc) is 3.67. The van der Waals surface area contributed by atoms with Crippen LogP contribution in [0.3, 0.4) is 0 Å². The van der Waals surface area contributed by atoms with E-state index in [1.807, 2.05) is 36.4 Å². The van der Waals surface area contributed by atoms with Gasteiger partial charge in [-0.25, -0.2) is 4.79 Å². The maximum Gasteiger partial charge on any atom is 0.408 e. The Bertz CT molecular complexity index is 1490. The Morgan fingerprint density at radius 2 is 1.45 bits per heavy atom. The highest BCUT2D eigenvalue weighted by molar-refractivity contribution is 5.90. The van der Waals surface area contributed by atoms with Gasteiger partial charge in [-0.15, -0.1) is 0 Å². The van der Waals surface area contributed by atoms with E-state index in [9.17, 15) is 29.4 Å². The fourth-order valence-electron chi connectivity index (χ4n) is 6.20. The summed E-state index contributed by atoms with van der Waals surface area (Å²) >= 11 is 0. The maximum absolute atomic E-state index is 13.3. The Hall–Kier alpha value is -4.44. The van der Waals surface area contributed by atoms with Crippen molar-refractivity contribution in [3.8, 4) is 11.8 Å². The van der Waals surface area contributed by atoms with E-state index in [2.05, 4.69) is 39.5 Å². The molecule has 12 nitrogen and oxygen atoms in total. The molecule has 3 fully saturated rings. The van der Waals surface area contributed by atoms with Crippen LogP contribution in [0.25, 0.3) is 0 Å². The second kappa shape index (κ2) is 15.4. The molecule has 3 saturated heterocycles. The first-order valence-electron chi connectivity index (χ1n) is 16.1. The van der Waals surface area contributed by atoms with Crippen LogP contribution in [0.4, 0.5) is 4.79 Å². The van der Waals surface area contributed by atoms with Gasteiger partial charge in [0.05, 0.1) is 25.9 Å². The number of aliphatic hydroxyl groups excluding tert-OH is 1. The summed E-state index contributed by atoms with van der Waals surface area (Å²) in [6, 6.07) is 13.5. The van der Waals surface area contributed by atoms with E-state index < -0.39 is 36.2 Å². The number of amides is 4. The third-order valence-corrected chi connectivity index (χ3v) is 8.79. The van der Waals surface area contributed by atoms with Crippen molar-refractivity contribution in [1.29, 1.82) is 0 Å². The van der Waals surface area contributed by atoms with Crippen molar-refractivity contribution < 1.29 is 34.1 Å². The second-order valence-electron chi connectivity index (χ2n) is 12.7. The summed E-state index contributed by atoms with van der Waals surface area (Å²) < 4.78 is 5.42. The molecule has 4 N–H and O–H groups in total. The van der Waals surface area contributed by atoms with Gasteiger partial charge >= 0.3 is 6.09 Å². The standard InChI is InChI=1S/C35H43N5O7/c1-23(2)34(44)39-21-28(37-33(43)31-18-29(41)22-40(31)35(45)46)17-30(39)32(42)36-19-26-9-5-24(6-10-26)3-4-25-7-11-27(12-8-25)20-38-13-15-47-16-14-38/h5-12,23,28-31,41H,13-22H2,1-2H3,(H,36,42)(H,37,43)(H,45,46)/t28-,29+,30-,31+/m1/s1. The first kappa shape index (κ1) is 33.9. The van der Waals surface area contributed by atoms with Gasteiger partial charge in [0.1, 0.15) is 12.1 Å². The summed E-state index contributed by atoms with van der Waals surface area (Å²) in [5.41, 5.74) is 3.89. The van der Waals surface area contributed by atoms with Crippen LogP contribution < -0.4 is 10.6 Å². The lowest BCUT2D eigenvalue weighted by Gasteiger charge is -2.26. The fraction of sp³-hybridized carbons (Fsp3) is 0.486. The average molecular weight is 646 g/mol. The highest BCUT2D eigenvalue weighted by atomic mass is 16.5. The molecule has 3 aliphatic heterocycles. The monoisotopic (exact) mass is 645 g/mol. The van der Waals surface area contributed by atoms with Crippen molar-refractivity contribution in [2.75, 3.05) is 39.4 Å². The molecule has 0 spiro atoms. The molecule has 0 unspecified atom stereocenters. The first-order valence-corrected chi connectivity index (χ1v) is 16.1. The molecular formula is C35H43N5O7. The van der Waals surface area contributed by atoms with E-state index in [1.54, 1.807) is 13.8 Å². The van der Waals surface area contributed by atoms with Crippen molar-refractivity contribution in [1.82, 2.24) is 25.3 Å². The molecule has 0 aliphatic carbocycles. The van der Waals surface area contributed by atoms with Gasteiger partial charge in [-0.3, -0.25) is 24.2 Å². The van der Waals surface area contributed by atoms with Crippen molar-refractivity contribution in [2.24, 2.45) is 5.92 Å². The minimum atomic E-state index is -1.29. The number of carboxylic acid groups (broad SMARTS) is 1. The molecule has 4 atom stereocenters. The minimum absolute atomic E-state index is 0.00337. The van der Waals surface area contributed by atoms with Crippen LogP contribution in [-0.4, -0.2) is 112 Å². The van der Waals surface area contributed by atoms with Gasteiger partial charge in [-0.05, 0) is 41.8 Å². The van der Waals surface area contributed by atoms with E-state index in [4.69, 9.17) is 4.74 Å². The van der Waals surface area contributed by atoms with Crippen molar-refractivity contribution in [2.45, 2.75) is 64.0 Å². The predicted molar refractivity (Wildman–Crippen MR) is 173 cm³/mol. The van der Waals surface area contributed by atoms with Crippen LogP contribution in [0.5, 0.6) is 0 Å². The molecule has 5 rings (SSSR count). The lowest BCUT2D eigenvalue weighted by molar-refractivity contribution is -0.140. The lowest BCUT2D eigenvalue weighted by Crippen LogP contribution is -2.49. The van der Waals surface area contributed by atoms with Crippen molar-refractivity contribution in [3.63, 3.8) is 0 Å². The maximum atomic E-state index is 13.3. The summed E-state index contributed by atoms with van der Waals surface area (Å²) in [6.45, 7) is 8.09. The molecule has 2 aromatic rings. The largest absolute Gasteiger partial charge is 0.465 e. The van der Waals surface area contributed by atoms with Crippen molar-refractivity contribution in [3.05, 3.63) is 70.8 Å². The molecule has 0 bridgehead atoms. The summed E-state index contributed by atoms with van der Waals surface area (Å²) in [7, 11) is 0. The third-order valence-electron chi connectivity index (χ3n) is 8.79. The number of rotatable bonds is 8. The van der Waals surface area contributed by atoms with E-state index in [0.717, 1.165) is 54.4 Å². The minimum Gasteiger partial charge on any atom is -0.465 e. The summed E-state index contributed by atoms with van der Waals surface area (Å²) in [4.78, 5) is 55.6. The van der Waals surface area contributed by atoms with Gasteiger partial charge in [0, 0.05) is 62.2 Å². The van der Waals surface area contributed by atoms with Gasteiger partial charge < -0.3 is 30.5 Å². The van der Waals surface area contributed by atoms with Crippen molar-refractivity contribution >= 4 is 23.8 Å². The number of carbonyl (C=O) groups is 4. The molecule has 4 amide bonds. The number of hydrogen-bond acceptors (Lipinski definition) is 7. The molecule has 12 heteroatoms. The number of carbonyl (C=O) groups excluding carboxylic acids is 3. The second-order valence-corrected chi connectivity index (χ2v) is 12.7. The zero-order chi connectivity index (χ0) is 33.5. The highest BCUT2D eigenvalue weighted by Crippen LogP contribution is 2.23. The predicted octanol–water partition coefficient (Wildman–Crippen LogP) is 1.39. The molecule has 3 aliphatic rings. The van der Waals surface area contributed by atoms with E-state index in [1.165, 1.54) is 10.5 Å². The topological polar surface area (TPSA) is 152 Å². The molecular weight excluding hydrogens is 602 g/mol. The number of hydrogen-bond donors (Lipinski definition) is 4. The molecule has 2 aromatic carbocycles. The van der Waals surface area contributed by atoms with Gasteiger partial charge in [0.25, 0.3) is 0 Å². The number of nitrogens with one attached hydrogen (secondary N) is 2. The zero-order valence-corrected chi connectivity index (χ0v) is 26.9. The third kappa shape index (κ3) is 8.88. The Morgan fingerprint density at radius 1 is 0.851 bits per heavy atom. The Morgan fingerprint density at radius 3 is 2.04 bits per heavy atom. The summed E-state index contributed by atoms with van der Waals surface area (Å²) in [5.74, 6) is 4.95. The van der Waals surface area contributed by atoms with Gasteiger partial charge in [-0.1, -0.05) is 50.0 Å². The van der Waals surface area contributed by atoms with Crippen LogP contribution in [-0.2, 0) is 32.2 Å². The number of aliphatic hydroxyl groups is 1. The smallest absolute Gasteiger partial charge is 0.408 e. The SMILES string of the molecule is CC(C)C(=O)N1C[C@H](NC(=O)[C@@H]2C[C@H](O)CN2C(=O)O)C[C@@H]1C(=O)NCc1ccc(C#Cc2ccc(CN3CCOCC3)cc2)cc1. The Balaban J connectivity index is 1.14. The molecule has 3 heterocycles. The normalized spacial score (nSPS) is 22.9. The molecule has 0 radical (unpaired) electrons. The van der Waals surface area contributed by atoms with Crippen LogP contribution >= 0.6 is 0 Å². The zero-order valence-electron chi connectivity index (χ0n) is 26.9. The quantitative estimate of drug-likeness (QED) is 0.315. The van der Waals surface area contributed by atoms with Crippen LogP contribution in [0, 0.1) is 17.8 Å². The molecule has 250 valence electrons. The Kier molecular flexibility index (Phi) is 11.1. The first-order chi connectivity index (χ1) is 22.6. The summed E-state index contributed by atoms with van der Waals surface area (Å²) in [5, 5.41) is 25.1. The Labute approximate surface area is 275 Å². The number of nitrogens with zero attached hydrogens (tertiary/aromatic N) is 3. The van der Waals surface area contributed by atoms with Gasteiger partial charge in [-0.2, -0.15) is 0 Å². The molecule has 0 aromatic heterocycles. The van der Waals surface area contributed by atoms with Crippen LogP contribution in [0.15, 0.2) is 48.5 Å². The molecule has 0 saturated carbocycles. The molecule has 47 heavy (non-hydrogen) atoms. The summed E-state index contributed by atoms with van der Waals surface area (Å²) in [6.07, 6.45) is -2.02. The number of likely N-dealkylation sites (tertiary alicyclic amines) is 2. The van der Waals surface area contributed by atoms with E-state index >= 15 is 0 Å². The highest BCUT2D eigenvalue weighted by Gasteiger charge is 2.44. The van der Waals surface area contributed by atoms with Gasteiger partial charge in [0.2, 0.25) is 17.7 Å². The fourth-order valence-corrected chi connectivity index (χ4v) is 6.20. The number of benzene rings is 2. The number of β-amino-alcohol motifs (C(OH)–C–C–N with tert-alkyl or cyclic N) is 1. The van der Waals surface area contributed by atoms with Crippen LogP contribution in [0.2, 0.25) is 0 Å².